The van der Waals surface area contributed by atoms with Crippen LogP contribution >= 0.6 is 11.6 Å². The molecule has 0 saturated heterocycles. The maximum absolute atomic E-state index is 11.6. The number of rotatable bonds is 4. The van der Waals surface area contributed by atoms with E-state index in [-0.39, 0.29) is 12.0 Å². The van der Waals surface area contributed by atoms with E-state index in [0.29, 0.717) is 17.1 Å². The van der Waals surface area contributed by atoms with Gasteiger partial charge in [-0.3, -0.25) is 4.79 Å². The van der Waals surface area contributed by atoms with Gasteiger partial charge < -0.3 is 10.1 Å². The third-order valence-electron chi connectivity index (χ3n) is 2.06. The molecule has 0 aliphatic rings. The maximum atomic E-state index is 11.6. The molecule has 0 radical (unpaired) electrons. The van der Waals surface area contributed by atoms with Crippen molar-refractivity contribution >= 4 is 17.5 Å². The molecule has 1 N–H and O–H groups in total. The van der Waals surface area contributed by atoms with Gasteiger partial charge in [0.05, 0.1) is 6.10 Å². The highest BCUT2D eigenvalue weighted by atomic mass is 35.5. The minimum Gasteiger partial charge on any atom is -0.380 e. The molecule has 3 nitrogen and oxygen atoms in total. The fraction of sp³-hybridized carbons (Fsp3) is 0.364. The van der Waals surface area contributed by atoms with Crippen LogP contribution in [0.4, 0.5) is 0 Å². The minimum absolute atomic E-state index is 0.0150. The number of benzene rings is 1. The smallest absolute Gasteiger partial charge is 0.251 e. The number of carbonyl (C=O) groups is 1. The number of carbonyl (C=O) groups excluding carboxylic acids is 1. The quantitative estimate of drug-likeness (QED) is 0.856. The molecule has 0 spiro atoms. The Bertz CT molecular complexity index is 324. The molecule has 0 aromatic heterocycles. The van der Waals surface area contributed by atoms with Gasteiger partial charge in [0.2, 0.25) is 0 Å². The summed E-state index contributed by atoms with van der Waals surface area (Å²) in [5.41, 5.74) is 0.600. The molecule has 15 heavy (non-hydrogen) atoms. The molecule has 1 unspecified atom stereocenters. The number of halogens is 1. The molecular weight excluding hydrogens is 214 g/mol. The molecule has 4 heteroatoms. The molecule has 0 saturated carbocycles. The lowest BCUT2D eigenvalue weighted by Gasteiger charge is -2.10. The van der Waals surface area contributed by atoms with Crippen molar-refractivity contribution in [2.24, 2.45) is 0 Å². The molecule has 0 aliphatic carbocycles. The van der Waals surface area contributed by atoms with Crippen LogP contribution in [0.2, 0.25) is 5.02 Å². The van der Waals surface area contributed by atoms with Gasteiger partial charge in [-0.15, -0.1) is 0 Å². The van der Waals surface area contributed by atoms with Crippen molar-refractivity contribution in [2.45, 2.75) is 13.0 Å². The molecule has 1 amide bonds. The summed E-state index contributed by atoms with van der Waals surface area (Å²) in [5, 5.41) is 3.38. The summed E-state index contributed by atoms with van der Waals surface area (Å²) in [6, 6.07) is 6.76. The number of ether oxygens (including phenoxy) is 1. The zero-order chi connectivity index (χ0) is 11.3. The van der Waals surface area contributed by atoms with Gasteiger partial charge in [0, 0.05) is 24.2 Å². The molecule has 82 valence electrons. The van der Waals surface area contributed by atoms with Gasteiger partial charge in [-0.2, -0.15) is 0 Å². The zero-order valence-electron chi connectivity index (χ0n) is 8.79. The van der Waals surface area contributed by atoms with Crippen molar-refractivity contribution in [3.63, 3.8) is 0 Å². The standard InChI is InChI=1S/C11H14ClNO2/c1-8(15-2)7-13-11(14)9-3-5-10(12)6-4-9/h3-6,8H,7H2,1-2H3,(H,13,14). The topological polar surface area (TPSA) is 38.3 Å². The molecular formula is C11H14ClNO2. The largest absolute Gasteiger partial charge is 0.380 e. The normalized spacial score (nSPS) is 12.2. The van der Waals surface area contributed by atoms with Crippen LogP contribution in [-0.2, 0) is 4.74 Å². The van der Waals surface area contributed by atoms with Crippen molar-refractivity contribution in [3.05, 3.63) is 34.9 Å². The summed E-state index contributed by atoms with van der Waals surface area (Å²) in [6.07, 6.45) is 0.0150. The van der Waals surface area contributed by atoms with Crippen LogP contribution < -0.4 is 5.32 Å². The fourth-order valence-corrected chi connectivity index (χ4v) is 1.15. The third kappa shape index (κ3) is 3.90. The van der Waals surface area contributed by atoms with E-state index in [9.17, 15) is 4.79 Å². The van der Waals surface area contributed by atoms with E-state index in [0.717, 1.165) is 0 Å². The van der Waals surface area contributed by atoms with Crippen molar-refractivity contribution in [1.29, 1.82) is 0 Å². The number of methoxy groups -OCH3 is 1. The van der Waals surface area contributed by atoms with Gasteiger partial charge >= 0.3 is 0 Å². The highest BCUT2D eigenvalue weighted by Crippen LogP contribution is 2.09. The monoisotopic (exact) mass is 227 g/mol. The Kier molecular flexibility index (Phi) is 4.59. The average molecular weight is 228 g/mol. The van der Waals surface area contributed by atoms with Crippen molar-refractivity contribution < 1.29 is 9.53 Å². The SMILES string of the molecule is COC(C)CNC(=O)c1ccc(Cl)cc1. The first kappa shape index (κ1) is 12.0. The van der Waals surface area contributed by atoms with Gasteiger partial charge in [0.25, 0.3) is 5.91 Å². The highest BCUT2D eigenvalue weighted by molar-refractivity contribution is 6.30. The van der Waals surface area contributed by atoms with Crippen LogP contribution in [0.3, 0.4) is 0 Å². The minimum atomic E-state index is -0.115. The number of hydrogen-bond acceptors (Lipinski definition) is 2. The van der Waals surface area contributed by atoms with E-state index < -0.39 is 0 Å². The lowest BCUT2D eigenvalue weighted by molar-refractivity contribution is 0.0870. The first-order valence-electron chi connectivity index (χ1n) is 4.70. The number of hydrogen-bond donors (Lipinski definition) is 1. The molecule has 1 aromatic carbocycles. The van der Waals surface area contributed by atoms with Crippen LogP contribution in [0, 0.1) is 0 Å². The second-order valence-corrected chi connectivity index (χ2v) is 3.70. The molecule has 0 bridgehead atoms. The number of amides is 1. The van der Waals surface area contributed by atoms with E-state index >= 15 is 0 Å². The van der Waals surface area contributed by atoms with E-state index in [1.807, 2.05) is 6.92 Å². The Hall–Kier alpha value is -1.06. The summed E-state index contributed by atoms with van der Waals surface area (Å²) in [6.45, 7) is 2.39. The van der Waals surface area contributed by atoms with Crippen LogP contribution in [0.5, 0.6) is 0 Å². The molecule has 1 rings (SSSR count). The van der Waals surface area contributed by atoms with Gasteiger partial charge in [0.15, 0.2) is 0 Å². The molecule has 1 aromatic rings. The second kappa shape index (κ2) is 5.73. The summed E-state index contributed by atoms with van der Waals surface area (Å²) in [4.78, 5) is 11.6. The molecule has 0 heterocycles. The van der Waals surface area contributed by atoms with Crippen LogP contribution in [0.25, 0.3) is 0 Å². The Morgan fingerprint density at radius 3 is 2.60 bits per heavy atom. The first-order chi connectivity index (χ1) is 7.13. The Morgan fingerprint density at radius 2 is 2.07 bits per heavy atom. The number of nitrogens with one attached hydrogen (secondary N) is 1. The van der Waals surface area contributed by atoms with Gasteiger partial charge in [-0.1, -0.05) is 11.6 Å². The van der Waals surface area contributed by atoms with E-state index in [4.69, 9.17) is 16.3 Å². The van der Waals surface area contributed by atoms with Gasteiger partial charge in [-0.05, 0) is 31.2 Å². The summed E-state index contributed by atoms with van der Waals surface area (Å²) < 4.78 is 5.02. The second-order valence-electron chi connectivity index (χ2n) is 3.26. The zero-order valence-corrected chi connectivity index (χ0v) is 9.54. The predicted molar refractivity (Wildman–Crippen MR) is 60.3 cm³/mol. The van der Waals surface area contributed by atoms with Gasteiger partial charge in [-0.25, -0.2) is 0 Å². The van der Waals surface area contributed by atoms with Crippen LogP contribution in [-0.4, -0.2) is 25.7 Å². The average Bonchev–Trinajstić information content (AvgIpc) is 2.26. The summed E-state index contributed by atoms with van der Waals surface area (Å²) in [7, 11) is 1.61. The predicted octanol–water partition coefficient (Wildman–Crippen LogP) is 2.10. The maximum Gasteiger partial charge on any atom is 0.251 e. The van der Waals surface area contributed by atoms with Gasteiger partial charge in [0.1, 0.15) is 0 Å². The van der Waals surface area contributed by atoms with Crippen molar-refractivity contribution in [1.82, 2.24) is 5.32 Å². The van der Waals surface area contributed by atoms with Crippen molar-refractivity contribution in [3.8, 4) is 0 Å². The third-order valence-corrected chi connectivity index (χ3v) is 2.31. The Balaban J connectivity index is 2.50. The highest BCUT2D eigenvalue weighted by Gasteiger charge is 2.06. The Morgan fingerprint density at radius 1 is 1.47 bits per heavy atom. The fourth-order valence-electron chi connectivity index (χ4n) is 1.02. The molecule has 1 atom stereocenters. The molecule has 0 fully saturated rings. The summed E-state index contributed by atoms with van der Waals surface area (Å²) in [5.74, 6) is -0.115. The van der Waals surface area contributed by atoms with E-state index in [1.165, 1.54) is 0 Å². The Labute approximate surface area is 94.4 Å². The van der Waals surface area contributed by atoms with Crippen LogP contribution in [0.15, 0.2) is 24.3 Å². The summed E-state index contributed by atoms with van der Waals surface area (Å²) >= 11 is 5.71. The first-order valence-corrected chi connectivity index (χ1v) is 5.08. The van der Waals surface area contributed by atoms with E-state index in [2.05, 4.69) is 5.32 Å². The molecule has 0 aliphatic heterocycles. The van der Waals surface area contributed by atoms with Crippen LogP contribution in [0.1, 0.15) is 17.3 Å². The van der Waals surface area contributed by atoms with E-state index in [1.54, 1.807) is 31.4 Å². The lowest BCUT2D eigenvalue weighted by atomic mass is 10.2. The lowest BCUT2D eigenvalue weighted by Crippen LogP contribution is -2.31. The van der Waals surface area contributed by atoms with Crippen molar-refractivity contribution in [2.75, 3.05) is 13.7 Å².